The molecular formula is C9H12N4S. The minimum absolute atomic E-state index is 0.423. The molecule has 0 fully saturated rings. The van der Waals surface area contributed by atoms with Gasteiger partial charge in [-0.15, -0.1) is 11.3 Å². The molecule has 0 aliphatic carbocycles. The average molecular weight is 208 g/mol. The number of nitrogens with two attached hydrogens (primary N) is 1. The fourth-order valence-corrected chi connectivity index (χ4v) is 1.71. The standard InChI is InChI=1S/C9H12N4S/c1-6(2)13-3-7(11-5-13)8-4-14-9(10)12-8/h3-6H,1-2H3,(H2,10,12). The molecule has 0 unspecified atom stereocenters. The molecule has 0 spiro atoms. The number of nitrogens with zero attached hydrogens (tertiary/aromatic N) is 3. The number of nitrogen functional groups attached to an aromatic ring is 1. The molecule has 2 heterocycles. The molecule has 74 valence electrons. The SMILES string of the molecule is CC(C)n1cnc(-c2csc(N)n2)c1. The van der Waals surface area contributed by atoms with Gasteiger partial charge in [0.1, 0.15) is 11.4 Å². The van der Waals surface area contributed by atoms with Crippen LogP contribution < -0.4 is 5.73 Å². The second kappa shape index (κ2) is 3.42. The quantitative estimate of drug-likeness (QED) is 0.822. The van der Waals surface area contributed by atoms with E-state index in [1.165, 1.54) is 11.3 Å². The van der Waals surface area contributed by atoms with Crippen molar-refractivity contribution >= 4 is 16.5 Å². The van der Waals surface area contributed by atoms with Crippen LogP contribution in [0.2, 0.25) is 0 Å². The first kappa shape index (κ1) is 9.21. The topological polar surface area (TPSA) is 56.7 Å². The Morgan fingerprint density at radius 1 is 1.43 bits per heavy atom. The van der Waals surface area contributed by atoms with Crippen LogP contribution >= 0.6 is 11.3 Å². The molecule has 2 aromatic heterocycles. The van der Waals surface area contributed by atoms with E-state index in [0.29, 0.717) is 11.2 Å². The summed E-state index contributed by atoms with van der Waals surface area (Å²) < 4.78 is 2.05. The van der Waals surface area contributed by atoms with Crippen LogP contribution in [0.3, 0.4) is 0 Å². The van der Waals surface area contributed by atoms with Gasteiger partial charge in [0.05, 0.1) is 6.33 Å². The van der Waals surface area contributed by atoms with Crippen LogP contribution in [0.25, 0.3) is 11.4 Å². The van der Waals surface area contributed by atoms with Gasteiger partial charge < -0.3 is 10.3 Å². The monoisotopic (exact) mass is 208 g/mol. The van der Waals surface area contributed by atoms with E-state index in [9.17, 15) is 0 Å². The largest absolute Gasteiger partial charge is 0.375 e. The summed E-state index contributed by atoms with van der Waals surface area (Å²) in [6.45, 7) is 4.22. The summed E-state index contributed by atoms with van der Waals surface area (Å²) in [5, 5.41) is 2.50. The third kappa shape index (κ3) is 1.63. The van der Waals surface area contributed by atoms with Crippen LogP contribution in [-0.4, -0.2) is 14.5 Å². The van der Waals surface area contributed by atoms with Gasteiger partial charge in [0.15, 0.2) is 5.13 Å². The van der Waals surface area contributed by atoms with Crippen molar-refractivity contribution < 1.29 is 0 Å². The van der Waals surface area contributed by atoms with E-state index in [0.717, 1.165) is 11.4 Å². The van der Waals surface area contributed by atoms with Crippen molar-refractivity contribution in [3.8, 4) is 11.4 Å². The fraction of sp³-hybridized carbons (Fsp3) is 0.333. The maximum atomic E-state index is 5.56. The summed E-state index contributed by atoms with van der Waals surface area (Å²) in [7, 11) is 0. The van der Waals surface area contributed by atoms with Gasteiger partial charge in [-0.05, 0) is 13.8 Å². The number of thiazole rings is 1. The summed E-state index contributed by atoms with van der Waals surface area (Å²) in [6, 6.07) is 0.423. The molecule has 2 rings (SSSR count). The van der Waals surface area contributed by atoms with Crippen LogP contribution in [0.15, 0.2) is 17.9 Å². The lowest BCUT2D eigenvalue weighted by atomic mass is 10.3. The minimum Gasteiger partial charge on any atom is -0.375 e. The predicted octanol–water partition coefficient (Wildman–Crippen LogP) is 2.17. The molecule has 0 aliphatic heterocycles. The van der Waals surface area contributed by atoms with E-state index >= 15 is 0 Å². The first-order valence-corrected chi connectivity index (χ1v) is 5.29. The van der Waals surface area contributed by atoms with Gasteiger partial charge in [0.2, 0.25) is 0 Å². The van der Waals surface area contributed by atoms with Gasteiger partial charge >= 0.3 is 0 Å². The minimum atomic E-state index is 0.423. The highest BCUT2D eigenvalue weighted by molar-refractivity contribution is 7.13. The van der Waals surface area contributed by atoms with Gasteiger partial charge in [-0.1, -0.05) is 0 Å². The molecule has 0 bridgehead atoms. The first-order valence-electron chi connectivity index (χ1n) is 4.41. The molecule has 0 saturated heterocycles. The molecular weight excluding hydrogens is 196 g/mol. The maximum Gasteiger partial charge on any atom is 0.180 e. The molecule has 0 saturated carbocycles. The van der Waals surface area contributed by atoms with Gasteiger partial charge in [-0.25, -0.2) is 9.97 Å². The Hall–Kier alpha value is -1.36. The molecule has 0 aromatic carbocycles. The molecule has 0 aliphatic rings. The zero-order chi connectivity index (χ0) is 10.1. The van der Waals surface area contributed by atoms with Gasteiger partial charge in [0.25, 0.3) is 0 Å². The van der Waals surface area contributed by atoms with E-state index < -0.39 is 0 Å². The molecule has 0 atom stereocenters. The fourth-order valence-electron chi connectivity index (χ4n) is 1.16. The lowest BCUT2D eigenvalue weighted by Gasteiger charge is -2.03. The van der Waals surface area contributed by atoms with Crippen LogP contribution in [0.1, 0.15) is 19.9 Å². The van der Waals surface area contributed by atoms with Gasteiger partial charge in [0, 0.05) is 17.6 Å². The third-order valence-corrected chi connectivity index (χ3v) is 2.66. The summed E-state index contributed by atoms with van der Waals surface area (Å²) in [5.74, 6) is 0. The van der Waals surface area contributed by atoms with Crippen molar-refractivity contribution in [1.82, 2.24) is 14.5 Å². The van der Waals surface area contributed by atoms with Gasteiger partial charge in [-0.2, -0.15) is 0 Å². The Morgan fingerprint density at radius 2 is 2.21 bits per heavy atom. The van der Waals surface area contributed by atoms with Crippen molar-refractivity contribution in [2.75, 3.05) is 5.73 Å². The number of imidazole rings is 1. The highest BCUT2D eigenvalue weighted by atomic mass is 32.1. The van der Waals surface area contributed by atoms with E-state index in [-0.39, 0.29) is 0 Å². The van der Waals surface area contributed by atoms with E-state index in [4.69, 9.17) is 5.73 Å². The lowest BCUT2D eigenvalue weighted by molar-refractivity contribution is 0.600. The van der Waals surface area contributed by atoms with Gasteiger partial charge in [-0.3, -0.25) is 0 Å². The van der Waals surface area contributed by atoms with Crippen LogP contribution in [-0.2, 0) is 0 Å². The van der Waals surface area contributed by atoms with Crippen molar-refractivity contribution in [2.45, 2.75) is 19.9 Å². The highest BCUT2D eigenvalue weighted by Gasteiger charge is 2.06. The number of anilines is 1. The zero-order valence-corrected chi connectivity index (χ0v) is 8.95. The number of hydrogen-bond acceptors (Lipinski definition) is 4. The molecule has 0 amide bonds. The molecule has 2 aromatic rings. The van der Waals surface area contributed by atoms with E-state index in [2.05, 4.69) is 23.8 Å². The number of hydrogen-bond donors (Lipinski definition) is 1. The maximum absolute atomic E-state index is 5.56. The van der Waals surface area contributed by atoms with Crippen LogP contribution in [0.5, 0.6) is 0 Å². The highest BCUT2D eigenvalue weighted by Crippen LogP contribution is 2.22. The first-order chi connectivity index (χ1) is 6.66. The van der Waals surface area contributed by atoms with Crippen molar-refractivity contribution in [1.29, 1.82) is 0 Å². The Labute approximate surface area is 86.4 Å². The Bertz CT molecular complexity index is 429. The van der Waals surface area contributed by atoms with Crippen LogP contribution in [0.4, 0.5) is 5.13 Å². The smallest absolute Gasteiger partial charge is 0.180 e. The average Bonchev–Trinajstić information content (AvgIpc) is 2.70. The second-order valence-electron chi connectivity index (χ2n) is 3.37. The van der Waals surface area contributed by atoms with Crippen molar-refractivity contribution in [2.24, 2.45) is 0 Å². The molecule has 2 N–H and O–H groups in total. The normalized spacial score (nSPS) is 11.1. The molecule has 4 nitrogen and oxygen atoms in total. The number of aromatic nitrogens is 3. The lowest BCUT2D eigenvalue weighted by Crippen LogP contribution is -1.95. The van der Waals surface area contributed by atoms with Crippen LogP contribution in [0, 0.1) is 0 Å². The predicted molar refractivity (Wildman–Crippen MR) is 58.1 cm³/mol. The summed E-state index contributed by atoms with van der Waals surface area (Å²) >= 11 is 1.43. The number of rotatable bonds is 2. The molecule has 0 radical (unpaired) electrons. The van der Waals surface area contributed by atoms with Crippen molar-refractivity contribution in [3.05, 3.63) is 17.9 Å². The Kier molecular flexibility index (Phi) is 2.25. The molecule has 5 heteroatoms. The Morgan fingerprint density at radius 3 is 2.71 bits per heavy atom. The molecule has 14 heavy (non-hydrogen) atoms. The third-order valence-electron chi connectivity index (χ3n) is 1.98. The second-order valence-corrected chi connectivity index (χ2v) is 4.26. The van der Waals surface area contributed by atoms with Crippen molar-refractivity contribution in [3.63, 3.8) is 0 Å². The van der Waals surface area contributed by atoms with E-state index in [1.807, 2.05) is 22.5 Å². The summed E-state index contributed by atoms with van der Waals surface area (Å²) in [6.07, 6.45) is 3.80. The summed E-state index contributed by atoms with van der Waals surface area (Å²) in [5.41, 5.74) is 7.29. The zero-order valence-electron chi connectivity index (χ0n) is 8.14. The summed E-state index contributed by atoms with van der Waals surface area (Å²) in [4.78, 5) is 8.45. The Balaban J connectivity index is 2.33. The van der Waals surface area contributed by atoms with E-state index in [1.54, 1.807) is 0 Å².